The van der Waals surface area contributed by atoms with Gasteiger partial charge in [0.15, 0.2) is 0 Å². The van der Waals surface area contributed by atoms with Crippen LogP contribution in [0, 0.1) is 0 Å². The molecule has 1 fully saturated rings. The van der Waals surface area contributed by atoms with Crippen molar-refractivity contribution in [1.29, 1.82) is 0 Å². The molecule has 2 aliphatic rings. The Labute approximate surface area is 186 Å². The molecular weight excluding hydrogens is 404 g/mol. The first kappa shape index (κ1) is 20.2. The van der Waals surface area contributed by atoms with Crippen molar-refractivity contribution >= 4 is 23.5 Å². The van der Waals surface area contributed by atoms with Crippen LogP contribution in [-0.4, -0.2) is 38.4 Å². The third-order valence-electron chi connectivity index (χ3n) is 6.25. The summed E-state index contributed by atoms with van der Waals surface area (Å²) in [5, 5.41) is 7.17. The van der Waals surface area contributed by atoms with Gasteiger partial charge in [0.25, 0.3) is 17.7 Å². The third kappa shape index (κ3) is 3.70. The molecule has 0 saturated heterocycles. The number of hydrogen-bond acceptors (Lipinski definition) is 4. The highest BCUT2D eigenvalue weighted by molar-refractivity contribution is 6.22. The molecule has 162 valence electrons. The minimum Gasteiger partial charge on any atom is -0.307 e. The van der Waals surface area contributed by atoms with Crippen LogP contribution >= 0.6 is 0 Å². The fourth-order valence-corrected chi connectivity index (χ4v) is 4.58. The summed E-state index contributed by atoms with van der Waals surface area (Å²) in [6, 6.07) is 16.3. The summed E-state index contributed by atoms with van der Waals surface area (Å²) < 4.78 is 1.71. The van der Waals surface area contributed by atoms with E-state index in [0.717, 1.165) is 37.7 Å². The van der Waals surface area contributed by atoms with Crippen LogP contribution in [0.3, 0.4) is 0 Å². The fraction of sp³-hybridized carbons (Fsp3) is 0.280. The van der Waals surface area contributed by atoms with E-state index in [1.165, 1.54) is 11.0 Å². The number of benzene rings is 2. The first-order chi connectivity index (χ1) is 15.6. The number of imide groups is 1. The van der Waals surface area contributed by atoms with E-state index in [9.17, 15) is 14.4 Å². The van der Waals surface area contributed by atoms with Gasteiger partial charge in [-0.2, -0.15) is 5.10 Å². The zero-order chi connectivity index (χ0) is 22.1. The number of carbonyl (C=O) groups is 3. The zero-order valence-corrected chi connectivity index (χ0v) is 17.7. The summed E-state index contributed by atoms with van der Waals surface area (Å²) in [6.07, 6.45) is 6.54. The molecule has 0 atom stereocenters. The highest BCUT2D eigenvalue weighted by Crippen LogP contribution is 2.31. The Morgan fingerprint density at radius 1 is 0.938 bits per heavy atom. The molecule has 1 aliphatic carbocycles. The van der Waals surface area contributed by atoms with Crippen LogP contribution in [0.25, 0.3) is 0 Å². The van der Waals surface area contributed by atoms with Crippen LogP contribution in [-0.2, 0) is 6.54 Å². The maximum absolute atomic E-state index is 13.0. The Morgan fingerprint density at radius 2 is 1.69 bits per heavy atom. The largest absolute Gasteiger partial charge is 0.307 e. The van der Waals surface area contributed by atoms with Crippen molar-refractivity contribution in [2.75, 3.05) is 5.32 Å². The average molecular weight is 428 g/mol. The van der Waals surface area contributed by atoms with E-state index in [-0.39, 0.29) is 23.8 Å². The Balaban J connectivity index is 1.34. The zero-order valence-electron chi connectivity index (χ0n) is 17.7. The van der Waals surface area contributed by atoms with E-state index < -0.39 is 0 Å². The monoisotopic (exact) mass is 428 g/mol. The number of hydrogen-bond donors (Lipinski definition) is 1. The molecule has 0 unspecified atom stereocenters. The van der Waals surface area contributed by atoms with Gasteiger partial charge in [-0.15, -0.1) is 0 Å². The van der Waals surface area contributed by atoms with E-state index in [1.807, 2.05) is 30.3 Å². The third-order valence-corrected chi connectivity index (χ3v) is 6.25. The van der Waals surface area contributed by atoms with Gasteiger partial charge in [0.1, 0.15) is 5.82 Å². The minimum atomic E-state index is -0.348. The SMILES string of the molecule is O=C(Nc1ccnn1Cc1ccccc1)c1ccc2c(c1)C(=O)N(C1CCCCC1)C2=O. The number of rotatable bonds is 5. The summed E-state index contributed by atoms with van der Waals surface area (Å²) in [6.45, 7) is 0.525. The summed E-state index contributed by atoms with van der Waals surface area (Å²) in [5.74, 6) is -0.324. The molecule has 0 bridgehead atoms. The van der Waals surface area contributed by atoms with Crippen LogP contribution < -0.4 is 5.32 Å². The van der Waals surface area contributed by atoms with E-state index in [0.29, 0.717) is 29.1 Å². The van der Waals surface area contributed by atoms with Gasteiger partial charge in [-0.25, -0.2) is 4.68 Å². The standard InChI is InChI=1S/C25H24N4O3/c30-23(27-22-13-14-26-28(22)16-17-7-3-1-4-8-17)18-11-12-20-21(15-18)25(32)29(24(20)31)19-9-5-2-6-10-19/h1,3-4,7-8,11-15,19H,2,5-6,9-10,16H2,(H,27,30). The Bertz CT molecular complexity index is 1180. The van der Waals surface area contributed by atoms with Gasteiger partial charge >= 0.3 is 0 Å². The van der Waals surface area contributed by atoms with E-state index >= 15 is 0 Å². The molecule has 5 rings (SSSR count). The number of aromatic nitrogens is 2. The molecule has 2 heterocycles. The van der Waals surface area contributed by atoms with Crippen LogP contribution in [0.1, 0.15) is 68.7 Å². The van der Waals surface area contributed by atoms with Crippen LogP contribution in [0.2, 0.25) is 0 Å². The van der Waals surface area contributed by atoms with Gasteiger partial charge in [-0.1, -0.05) is 49.6 Å². The lowest BCUT2D eigenvalue weighted by molar-refractivity contribution is 0.0549. The predicted molar refractivity (Wildman–Crippen MR) is 120 cm³/mol. The summed E-state index contributed by atoms with van der Waals surface area (Å²) in [5.41, 5.74) is 2.09. The predicted octanol–water partition coefficient (Wildman–Crippen LogP) is 4.11. The Kier molecular flexibility index (Phi) is 5.31. The second-order valence-corrected chi connectivity index (χ2v) is 8.35. The van der Waals surface area contributed by atoms with E-state index in [1.54, 1.807) is 29.1 Å². The van der Waals surface area contributed by atoms with Crippen molar-refractivity contribution in [3.8, 4) is 0 Å². The van der Waals surface area contributed by atoms with Gasteiger partial charge in [0, 0.05) is 17.7 Å². The summed E-state index contributed by atoms with van der Waals surface area (Å²) in [7, 11) is 0. The van der Waals surface area contributed by atoms with Gasteiger partial charge in [0.05, 0.1) is 23.9 Å². The topological polar surface area (TPSA) is 84.3 Å². The van der Waals surface area contributed by atoms with Gasteiger partial charge in [-0.3, -0.25) is 19.3 Å². The molecule has 1 aromatic heterocycles. The number of anilines is 1. The molecule has 0 spiro atoms. The smallest absolute Gasteiger partial charge is 0.261 e. The number of amides is 3. The Morgan fingerprint density at radius 3 is 2.47 bits per heavy atom. The molecular formula is C25H24N4O3. The molecule has 3 aromatic rings. The van der Waals surface area contributed by atoms with Crippen molar-refractivity contribution in [1.82, 2.24) is 14.7 Å². The molecule has 32 heavy (non-hydrogen) atoms. The minimum absolute atomic E-state index is 0.0410. The van der Waals surface area contributed by atoms with Crippen molar-refractivity contribution in [2.24, 2.45) is 0 Å². The second-order valence-electron chi connectivity index (χ2n) is 8.35. The molecule has 7 heteroatoms. The molecule has 2 aromatic carbocycles. The second kappa shape index (κ2) is 8.42. The lowest BCUT2D eigenvalue weighted by atomic mass is 9.94. The molecule has 1 saturated carbocycles. The number of fused-ring (bicyclic) bond motifs is 1. The first-order valence-corrected chi connectivity index (χ1v) is 11.0. The average Bonchev–Trinajstić information content (AvgIpc) is 3.36. The lowest BCUT2D eigenvalue weighted by Gasteiger charge is -2.29. The maximum atomic E-state index is 13.0. The molecule has 7 nitrogen and oxygen atoms in total. The van der Waals surface area contributed by atoms with Crippen LogP contribution in [0.4, 0.5) is 5.82 Å². The van der Waals surface area contributed by atoms with Crippen molar-refractivity contribution in [3.63, 3.8) is 0 Å². The van der Waals surface area contributed by atoms with Crippen LogP contribution in [0.5, 0.6) is 0 Å². The van der Waals surface area contributed by atoms with Gasteiger partial charge in [0.2, 0.25) is 0 Å². The Hall–Kier alpha value is -3.74. The van der Waals surface area contributed by atoms with Crippen molar-refractivity contribution < 1.29 is 14.4 Å². The van der Waals surface area contributed by atoms with Crippen LogP contribution in [0.15, 0.2) is 60.8 Å². The normalized spacial score (nSPS) is 16.3. The number of carbonyl (C=O) groups excluding carboxylic acids is 3. The summed E-state index contributed by atoms with van der Waals surface area (Å²) >= 11 is 0. The maximum Gasteiger partial charge on any atom is 0.261 e. The quantitative estimate of drug-likeness (QED) is 0.620. The lowest BCUT2D eigenvalue weighted by Crippen LogP contribution is -2.40. The van der Waals surface area contributed by atoms with E-state index in [2.05, 4.69) is 10.4 Å². The van der Waals surface area contributed by atoms with E-state index in [4.69, 9.17) is 0 Å². The number of nitrogens with zero attached hydrogens (tertiary/aromatic N) is 3. The number of nitrogens with one attached hydrogen (secondary N) is 1. The first-order valence-electron chi connectivity index (χ1n) is 11.0. The van der Waals surface area contributed by atoms with Crippen molar-refractivity contribution in [2.45, 2.75) is 44.7 Å². The van der Waals surface area contributed by atoms with Crippen molar-refractivity contribution in [3.05, 3.63) is 83.0 Å². The summed E-state index contributed by atoms with van der Waals surface area (Å²) in [4.78, 5) is 40.2. The molecule has 1 N–H and O–H groups in total. The highest BCUT2D eigenvalue weighted by atomic mass is 16.2. The van der Waals surface area contributed by atoms with Gasteiger partial charge < -0.3 is 5.32 Å². The fourth-order valence-electron chi connectivity index (χ4n) is 4.58. The molecule has 3 amide bonds. The molecule has 1 aliphatic heterocycles. The molecule has 0 radical (unpaired) electrons. The highest BCUT2D eigenvalue weighted by Gasteiger charge is 2.40. The van der Waals surface area contributed by atoms with Gasteiger partial charge in [-0.05, 0) is 36.6 Å².